The van der Waals surface area contributed by atoms with Gasteiger partial charge in [0.25, 0.3) is 0 Å². The molecule has 0 N–H and O–H groups in total. The van der Waals surface area contributed by atoms with Crippen molar-refractivity contribution in [1.82, 2.24) is 19.5 Å². The molecule has 28 heavy (non-hydrogen) atoms. The van der Waals surface area contributed by atoms with Crippen LogP contribution in [0.5, 0.6) is 0 Å². The summed E-state index contributed by atoms with van der Waals surface area (Å²) in [6.45, 7) is 2.17. The van der Waals surface area contributed by atoms with E-state index in [1.54, 1.807) is 0 Å². The van der Waals surface area contributed by atoms with Crippen LogP contribution in [0.4, 0.5) is 0 Å². The number of aromatic nitrogens is 4. The zero-order chi connectivity index (χ0) is 19.1. The second-order valence-electron chi connectivity index (χ2n) is 7.02. The number of hydrogen-bond acceptors (Lipinski definition) is 3. The second-order valence-corrected chi connectivity index (χ2v) is 7.02. The van der Waals surface area contributed by atoms with Gasteiger partial charge in [0.1, 0.15) is 0 Å². The number of aryl methyl sites for hydroxylation is 2. The molecule has 0 aliphatic carbocycles. The Morgan fingerprint density at radius 1 is 0.750 bits per heavy atom. The summed E-state index contributed by atoms with van der Waals surface area (Å²) in [5.41, 5.74) is 8.99. The summed E-state index contributed by atoms with van der Waals surface area (Å²) in [6, 6.07) is 23.0. The molecule has 0 saturated heterocycles. The summed E-state index contributed by atoms with van der Waals surface area (Å²) >= 11 is 0. The van der Waals surface area contributed by atoms with Gasteiger partial charge in [-0.1, -0.05) is 61.5 Å². The standard InChI is InChI=1S/C24H20N4/c1-3-16-9-11-18(12-10-16)24-23(17-7-5-4-6-8-17)26-19-13-21-22(14-20(19)27-24)28(2)15-25-21/h4-15H,3H2,1-2H3. The SMILES string of the molecule is CCc1ccc(-c2nc3cc4c(cc3nc2-c2ccccc2)ncn4C)cc1. The maximum atomic E-state index is 5.04. The van der Waals surface area contributed by atoms with Gasteiger partial charge in [0.2, 0.25) is 0 Å². The zero-order valence-corrected chi connectivity index (χ0v) is 15.9. The lowest BCUT2D eigenvalue weighted by atomic mass is 10.0. The van der Waals surface area contributed by atoms with E-state index in [9.17, 15) is 0 Å². The van der Waals surface area contributed by atoms with Gasteiger partial charge in [-0.15, -0.1) is 0 Å². The first-order valence-electron chi connectivity index (χ1n) is 9.50. The van der Waals surface area contributed by atoms with Gasteiger partial charge in [0.05, 0.1) is 39.8 Å². The molecule has 0 spiro atoms. The maximum absolute atomic E-state index is 5.04. The molecular weight excluding hydrogens is 344 g/mol. The molecule has 4 heteroatoms. The zero-order valence-electron chi connectivity index (χ0n) is 15.9. The van der Waals surface area contributed by atoms with Gasteiger partial charge in [-0.2, -0.15) is 0 Å². The number of fused-ring (bicyclic) bond motifs is 2. The molecule has 5 aromatic rings. The van der Waals surface area contributed by atoms with E-state index in [-0.39, 0.29) is 0 Å². The van der Waals surface area contributed by atoms with Crippen molar-refractivity contribution >= 4 is 22.1 Å². The van der Waals surface area contributed by atoms with Gasteiger partial charge in [-0.05, 0) is 24.1 Å². The second kappa shape index (κ2) is 6.57. The Hall–Kier alpha value is -3.53. The van der Waals surface area contributed by atoms with E-state index in [2.05, 4.69) is 54.4 Å². The van der Waals surface area contributed by atoms with Crippen molar-refractivity contribution in [3.8, 4) is 22.5 Å². The van der Waals surface area contributed by atoms with Crippen molar-refractivity contribution in [2.75, 3.05) is 0 Å². The highest BCUT2D eigenvalue weighted by molar-refractivity contribution is 5.94. The molecule has 2 heterocycles. The highest BCUT2D eigenvalue weighted by atomic mass is 15.0. The average molecular weight is 364 g/mol. The molecule has 2 aromatic heterocycles. The number of rotatable bonds is 3. The molecule has 0 aliphatic rings. The van der Waals surface area contributed by atoms with E-state index >= 15 is 0 Å². The van der Waals surface area contributed by atoms with E-state index in [1.165, 1.54) is 5.56 Å². The van der Waals surface area contributed by atoms with Crippen molar-refractivity contribution in [1.29, 1.82) is 0 Å². The summed E-state index contributed by atoms with van der Waals surface area (Å²) < 4.78 is 2.01. The van der Waals surface area contributed by atoms with Gasteiger partial charge in [0, 0.05) is 18.2 Å². The molecule has 4 nitrogen and oxygen atoms in total. The van der Waals surface area contributed by atoms with Crippen LogP contribution >= 0.6 is 0 Å². The highest BCUT2D eigenvalue weighted by Crippen LogP contribution is 2.32. The third kappa shape index (κ3) is 2.74. The van der Waals surface area contributed by atoms with Crippen molar-refractivity contribution in [3.63, 3.8) is 0 Å². The average Bonchev–Trinajstić information content (AvgIpc) is 3.11. The molecule has 0 saturated carbocycles. The summed E-state index contributed by atoms with van der Waals surface area (Å²) in [6.07, 6.45) is 2.85. The monoisotopic (exact) mass is 364 g/mol. The quantitative estimate of drug-likeness (QED) is 0.430. The predicted molar refractivity (Wildman–Crippen MR) is 114 cm³/mol. The minimum atomic E-state index is 0.860. The highest BCUT2D eigenvalue weighted by Gasteiger charge is 2.14. The number of benzene rings is 3. The third-order valence-corrected chi connectivity index (χ3v) is 5.19. The number of hydrogen-bond donors (Lipinski definition) is 0. The van der Waals surface area contributed by atoms with Crippen LogP contribution in [-0.4, -0.2) is 19.5 Å². The summed E-state index contributed by atoms with van der Waals surface area (Å²) in [5, 5.41) is 0. The van der Waals surface area contributed by atoms with E-state index < -0.39 is 0 Å². The Morgan fingerprint density at radius 2 is 1.39 bits per heavy atom. The Balaban J connectivity index is 1.81. The van der Waals surface area contributed by atoms with Gasteiger partial charge in [0.15, 0.2) is 0 Å². The minimum absolute atomic E-state index is 0.860. The first-order valence-corrected chi connectivity index (χ1v) is 9.50. The van der Waals surface area contributed by atoms with Crippen LogP contribution < -0.4 is 0 Å². The molecule has 0 unspecified atom stereocenters. The lowest BCUT2D eigenvalue weighted by Gasteiger charge is -2.11. The molecular formula is C24H20N4. The Morgan fingerprint density at radius 3 is 2.07 bits per heavy atom. The molecule has 136 valence electrons. The van der Waals surface area contributed by atoms with Crippen molar-refractivity contribution in [2.24, 2.45) is 7.05 Å². The summed E-state index contributed by atoms with van der Waals surface area (Å²) in [7, 11) is 2.00. The molecule has 0 radical (unpaired) electrons. The lowest BCUT2D eigenvalue weighted by molar-refractivity contribution is 0.948. The summed E-state index contributed by atoms with van der Waals surface area (Å²) in [4.78, 5) is 14.5. The molecule has 0 amide bonds. The first-order chi connectivity index (χ1) is 13.7. The first kappa shape index (κ1) is 16.6. The van der Waals surface area contributed by atoms with Gasteiger partial charge in [-0.25, -0.2) is 15.0 Å². The Bertz CT molecular complexity index is 1290. The van der Waals surface area contributed by atoms with Crippen molar-refractivity contribution < 1.29 is 0 Å². The van der Waals surface area contributed by atoms with Gasteiger partial charge >= 0.3 is 0 Å². The van der Waals surface area contributed by atoms with Crippen molar-refractivity contribution in [2.45, 2.75) is 13.3 Å². The van der Waals surface area contributed by atoms with E-state index in [0.29, 0.717) is 0 Å². The number of imidazole rings is 1. The molecule has 3 aromatic carbocycles. The van der Waals surface area contributed by atoms with Crippen LogP contribution in [0.3, 0.4) is 0 Å². The molecule has 0 atom stereocenters. The Kier molecular flexibility index (Phi) is 3.90. The predicted octanol–water partition coefficient (Wildman–Crippen LogP) is 5.41. The molecule has 5 rings (SSSR count). The van der Waals surface area contributed by atoms with Crippen LogP contribution in [0.1, 0.15) is 12.5 Å². The lowest BCUT2D eigenvalue weighted by Crippen LogP contribution is -1.96. The normalized spacial score (nSPS) is 11.4. The smallest absolute Gasteiger partial charge is 0.0973 e. The fourth-order valence-electron chi connectivity index (χ4n) is 3.57. The minimum Gasteiger partial charge on any atom is -0.334 e. The van der Waals surface area contributed by atoms with Crippen LogP contribution in [0.15, 0.2) is 73.1 Å². The van der Waals surface area contributed by atoms with Crippen LogP contribution in [0, 0.1) is 0 Å². The largest absolute Gasteiger partial charge is 0.334 e. The number of nitrogens with zero attached hydrogens (tertiary/aromatic N) is 4. The van der Waals surface area contributed by atoms with Gasteiger partial charge in [-0.3, -0.25) is 0 Å². The van der Waals surface area contributed by atoms with Crippen molar-refractivity contribution in [3.05, 3.63) is 78.6 Å². The van der Waals surface area contributed by atoms with E-state index in [0.717, 1.165) is 51.0 Å². The molecule has 0 fully saturated rings. The van der Waals surface area contributed by atoms with Crippen LogP contribution in [0.2, 0.25) is 0 Å². The third-order valence-electron chi connectivity index (χ3n) is 5.19. The fraction of sp³-hybridized carbons (Fsp3) is 0.125. The Labute approximate surface area is 163 Å². The van der Waals surface area contributed by atoms with Crippen LogP contribution in [0.25, 0.3) is 44.6 Å². The van der Waals surface area contributed by atoms with E-state index in [4.69, 9.17) is 9.97 Å². The molecule has 0 bridgehead atoms. The fourth-order valence-corrected chi connectivity index (χ4v) is 3.57. The summed E-state index contributed by atoms with van der Waals surface area (Å²) in [5.74, 6) is 0. The van der Waals surface area contributed by atoms with Gasteiger partial charge < -0.3 is 4.57 Å². The maximum Gasteiger partial charge on any atom is 0.0973 e. The topological polar surface area (TPSA) is 43.6 Å². The van der Waals surface area contributed by atoms with Crippen LogP contribution in [-0.2, 0) is 13.5 Å². The molecule has 0 aliphatic heterocycles. The van der Waals surface area contributed by atoms with E-state index in [1.807, 2.05) is 42.2 Å².